The fourth-order valence-corrected chi connectivity index (χ4v) is 2.51. The molecule has 3 aromatic rings. The van der Waals surface area contributed by atoms with Crippen molar-refractivity contribution in [3.8, 4) is 11.4 Å². The number of aromatic nitrogens is 4. The fourth-order valence-electron chi connectivity index (χ4n) is 2.51. The third kappa shape index (κ3) is 2.50. The van der Waals surface area contributed by atoms with Crippen molar-refractivity contribution in [1.82, 2.24) is 20.2 Å². The lowest BCUT2D eigenvalue weighted by molar-refractivity contribution is 0.546. The first-order chi connectivity index (χ1) is 10.2. The van der Waals surface area contributed by atoms with E-state index in [1.807, 2.05) is 41.1 Å². The lowest BCUT2D eigenvalue weighted by Crippen LogP contribution is -2.11. The average Bonchev–Trinajstić information content (AvgIpc) is 2.96. The molecule has 106 valence electrons. The highest BCUT2D eigenvalue weighted by Crippen LogP contribution is 2.26. The SMILES string of the molecule is Cc1ccccc1C(C)n1nnnc1-c1cccc(N)c1. The number of hydrogen-bond donors (Lipinski definition) is 1. The van der Waals surface area contributed by atoms with Crippen molar-refractivity contribution in [3.05, 3.63) is 59.7 Å². The number of tetrazole rings is 1. The average molecular weight is 279 g/mol. The molecule has 1 heterocycles. The third-order valence-corrected chi connectivity index (χ3v) is 3.64. The second-order valence-electron chi connectivity index (χ2n) is 5.11. The van der Waals surface area contributed by atoms with E-state index in [0.717, 1.165) is 11.4 Å². The number of aryl methyl sites for hydroxylation is 1. The molecule has 2 aromatic carbocycles. The van der Waals surface area contributed by atoms with Gasteiger partial charge >= 0.3 is 0 Å². The predicted molar refractivity (Wildman–Crippen MR) is 82.7 cm³/mol. The van der Waals surface area contributed by atoms with Gasteiger partial charge in [-0.3, -0.25) is 0 Å². The lowest BCUT2D eigenvalue weighted by atomic mass is 10.0. The third-order valence-electron chi connectivity index (χ3n) is 3.64. The van der Waals surface area contributed by atoms with E-state index in [0.29, 0.717) is 5.69 Å². The molecule has 0 aliphatic carbocycles. The maximum Gasteiger partial charge on any atom is 0.182 e. The van der Waals surface area contributed by atoms with E-state index in [-0.39, 0.29) is 6.04 Å². The van der Waals surface area contributed by atoms with E-state index in [2.05, 4.69) is 41.5 Å². The zero-order chi connectivity index (χ0) is 14.8. The number of nitrogen functional groups attached to an aromatic ring is 1. The maximum atomic E-state index is 5.85. The first-order valence-electron chi connectivity index (χ1n) is 6.86. The zero-order valence-corrected chi connectivity index (χ0v) is 12.1. The van der Waals surface area contributed by atoms with Gasteiger partial charge in [0.05, 0.1) is 6.04 Å². The number of hydrogen-bond acceptors (Lipinski definition) is 4. The van der Waals surface area contributed by atoms with Crippen molar-refractivity contribution in [3.63, 3.8) is 0 Å². The normalized spacial score (nSPS) is 12.3. The molecule has 1 unspecified atom stereocenters. The van der Waals surface area contributed by atoms with Gasteiger partial charge in [-0.05, 0) is 47.5 Å². The zero-order valence-electron chi connectivity index (χ0n) is 12.1. The number of nitrogens with zero attached hydrogens (tertiary/aromatic N) is 4. The molecule has 1 atom stereocenters. The predicted octanol–water partition coefficient (Wildman–Crippen LogP) is 2.84. The first-order valence-corrected chi connectivity index (χ1v) is 6.86. The molecule has 0 radical (unpaired) electrons. The second kappa shape index (κ2) is 5.36. The lowest BCUT2D eigenvalue weighted by Gasteiger charge is -2.16. The Labute approximate surface area is 123 Å². The molecule has 0 aliphatic rings. The van der Waals surface area contributed by atoms with Crippen LogP contribution in [-0.4, -0.2) is 20.2 Å². The molecular formula is C16H17N5. The summed E-state index contributed by atoms with van der Waals surface area (Å²) in [4.78, 5) is 0. The molecule has 2 N–H and O–H groups in total. The highest BCUT2D eigenvalue weighted by Gasteiger charge is 2.17. The standard InChI is InChI=1S/C16H17N5/c1-11-6-3-4-9-15(11)12(2)21-16(18-19-20-21)13-7-5-8-14(17)10-13/h3-10,12H,17H2,1-2H3. The molecule has 3 rings (SSSR count). The first kappa shape index (κ1) is 13.3. The summed E-state index contributed by atoms with van der Waals surface area (Å²) in [6.45, 7) is 4.19. The summed E-state index contributed by atoms with van der Waals surface area (Å²) < 4.78 is 1.83. The topological polar surface area (TPSA) is 69.6 Å². The van der Waals surface area contributed by atoms with Gasteiger partial charge in [-0.25, -0.2) is 4.68 Å². The van der Waals surface area contributed by atoms with Crippen LogP contribution in [0.5, 0.6) is 0 Å². The van der Waals surface area contributed by atoms with Gasteiger partial charge in [0.1, 0.15) is 0 Å². The Kier molecular flexibility index (Phi) is 3.39. The van der Waals surface area contributed by atoms with E-state index >= 15 is 0 Å². The summed E-state index contributed by atoms with van der Waals surface area (Å²) in [5.74, 6) is 0.720. The van der Waals surface area contributed by atoms with Crippen LogP contribution in [0.4, 0.5) is 5.69 Å². The van der Waals surface area contributed by atoms with Crippen LogP contribution in [-0.2, 0) is 0 Å². The maximum absolute atomic E-state index is 5.85. The molecule has 1 aromatic heterocycles. The van der Waals surface area contributed by atoms with Crippen LogP contribution < -0.4 is 5.73 Å². The summed E-state index contributed by atoms with van der Waals surface area (Å²) >= 11 is 0. The summed E-state index contributed by atoms with van der Waals surface area (Å²) in [7, 11) is 0. The van der Waals surface area contributed by atoms with Crippen LogP contribution in [0, 0.1) is 6.92 Å². The minimum Gasteiger partial charge on any atom is -0.399 e. The van der Waals surface area contributed by atoms with Gasteiger partial charge in [0.25, 0.3) is 0 Å². The Balaban J connectivity index is 2.05. The highest BCUT2D eigenvalue weighted by atomic mass is 15.5. The molecular weight excluding hydrogens is 262 g/mol. The molecule has 5 heteroatoms. The molecule has 0 bridgehead atoms. The minimum absolute atomic E-state index is 0.0534. The van der Waals surface area contributed by atoms with E-state index in [4.69, 9.17) is 5.73 Å². The molecule has 0 saturated heterocycles. The monoisotopic (exact) mass is 279 g/mol. The summed E-state index contributed by atoms with van der Waals surface area (Å²) in [6, 6.07) is 15.9. The van der Waals surface area contributed by atoms with Gasteiger partial charge in [0.15, 0.2) is 5.82 Å². The molecule has 0 spiro atoms. The van der Waals surface area contributed by atoms with Crippen LogP contribution in [0.1, 0.15) is 24.1 Å². The second-order valence-corrected chi connectivity index (χ2v) is 5.11. The smallest absolute Gasteiger partial charge is 0.182 e. The van der Waals surface area contributed by atoms with Gasteiger partial charge in [-0.2, -0.15) is 0 Å². The Morgan fingerprint density at radius 3 is 2.67 bits per heavy atom. The number of rotatable bonds is 3. The van der Waals surface area contributed by atoms with Gasteiger partial charge in [-0.1, -0.05) is 36.4 Å². The van der Waals surface area contributed by atoms with Gasteiger partial charge in [-0.15, -0.1) is 5.10 Å². The van der Waals surface area contributed by atoms with Crippen molar-refractivity contribution in [2.45, 2.75) is 19.9 Å². The quantitative estimate of drug-likeness (QED) is 0.748. The molecule has 5 nitrogen and oxygen atoms in total. The number of nitrogens with two attached hydrogens (primary N) is 1. The Hall–Kier alpha value is -2.69. The van der Waals surface area contributed by atoms with Crippen LogP contribution in [0.25, 0.3) is 11.4 Å². The molecule has 0 saturated carbocycles. The van der Waals surface area contributed by atoms with E-state index in [1.54, 1.807) is 0 Å². The van der Waals surface area contributed by atoms with Crippen molar-refractivity contribution >= 4 is 5.69 Å². The number of anilines is 1. The Morgan fingerprint density at radius 1 is 1.10 bits per heavy atom. The van der Waals surface area contributed by atoms with Crippen LogP contribution >= 0.6 is 0 Å². The van der Waals surface area contributed by atoms with E-state index < -0.39 is 0 Å². The fraction of sp³-hybridized carbons (Fsp3) is 0.188. The summed E-state index contributed by atoms with van der Waals surface area (Å²) in [5.41, 5.74) is 9.89. The van der Waals surface area contributed by atoms with Crippen LogP contribution in [0.15, 0.2) is 48.5 Å². The largest absolute Gasteiger partial charge is 0.399 e. The molecule has 0 aliphatic heterocycles. The van der Waals surface area contributed by atoms with Crippen LogP contribution in [0.2, 0.25) is 0 Å². The van der Waals surface area contributed by atoms with Gasteiger partial charge in [0.2, 0.25) is 0 Å². The van der Waals surface area contributed by atoms with Gasteiger partial charge < -0.3 is 5.73 Å². The van der Waals surface area contributed by atoms with Crippen molar-refractivity contribution in [1.29, 1.82) is 0 Å². The van der Waals surface area contributed by atoms with Crippen molar-refractivity contribution in [2.24, 2.45) is 0 Å². The van der Waals surface area contributed by atoms with Crippen molar-refractivity contribution < 1.29 is 0 Å². The highest BCUT2D eigenvalue weighted by molar-refractivity contribution is 5.61. The van der Waals surface area contributed by atoms with E-state index in [9.17, 15) is 0 Å². The van der Waals surface area contributed by atoms with Gasteiger partial charge in [0, 0.05) is 11.3 Å². The number of benzene rings is 2. The Morgan fingerprint density at radius 2 is 1.90 bits per heavy atom. The van der Waals surface area contributed by atoms with Crippen LogP contribution in [0.3, 0.4) is 0 Å². The Bertz CT molecular complexity index is 763. The van der Waals surface area contributed by atoms with E-state index in [1.165, 1.54) is 11.1 Å². The minimum atomic E-state index is 0.0534. The molecule has 0 amide bonds. The van der Waals surface area contributed by atoms with Crippen molar-refractivity contribution in [2.75, 3.05) is 5.73 Å². The summed E-state index contributed by atoms with van der Waals surface area (Å²) in [6.07, 6.45) is 0. The molecule has 21 heavy (non-hydrogen) atoms. The summed E-state index contributed by atoms with van der Waals surface area (Å²) in [5, 5.41) is 12.1. The molecule has 0 fully saturated rings.